The Morgan fingerprint density at radius 2 is 1.71 bits per heavy atom. The standard InChI is InChI=1S/C15H23N3O5S/c1-11(2)23-9-3-8-17-14(19)15(20)18-10-12-4-6-13(7-5-12)24(16,21)22/h4-7,11H,3,8-10H2,1-2H3,(H,17,19)(H,18,20)(H2,16,21,22). The maximum absolute atomic E-state index is 11.6. The van der Waals surface area contributed by atoms with E-state index in [0.717, 1.165) is 0 Å². The van der Waals surface area contributed by atoms with Crippen LogP contribution >= 0.6 is 0 Å². The topological polar surface area (TPSA) is 128 Å². The molecule has 0 unspecified atom stereocenters. The Morgan fingerprint density at radius 1 is 1.12 bits per heavy atom. The van der Waals surface area contributed by atoms with Gasteiger partial charge in [0.25, 0.3) is 0 Å². The number of ether oxygens (including phenoxy) is 1. The fourth-order valence-corrected chi connectivity index (χ4v) is 2.25. The minimum absolute atomic E-state index is 0.0149. The van der Waals surface area contributed by atoms with Crippen LogP contribution in [-0.4, -0.2) is 39.5 Å². The number of primary sulfonamides is 1. The molecule has 0 saturated carbocycles. The second kappa shape index (κ2) is 9.36. The van der Waals surface area contributed by atoms with Crippen molar-refractivity contribution in [2.75, 3.05) is 13.2 Å². The molecule has 2 amide bonds. The third-order valence-corrected chi connectivity index (χ3v) is 3.90. The van der Waals surface area contributed by atoms with Crippen molar-refractivity contribution in [1.82, 2.24) is 10.6 Å². The summed E-state index contributed by atoms with van der Waals surface area (Å²) < 4.78 is 27.6. The molecule has 0 spiro atoms. The first-order valence-electron chi connectivity index (χ1n) is 7.49. The zero-order valence-electron chi connectivity index (χ0n) is 13.7. The van der Waals surface area contributed by atoms with Gasteiger partial charge in [-0.1, -0.05) is 12.1 Å². The molecular formula is C15H23N3O5S. The van der Waals surface area contributed by atoms with E-state index in [-0.39, 0.29) is 17.5 Å². The van der Waals surface area contributed by atoms with Crippen LogP contribution in [0.5, 0.6) is 0 Å². The number of benzene rings is 1. The maximum atomic E-state index is 11.6. The lowest BCUT2D eigenvalue weighted by molar-refractivity contribution is -0.139. The van der Waals surface area contributed by atoms with Crippen molar-refractivity contribution >= 4 is 21.8 Å². The van der Waals surface area contributed by atoms with E-state index in [1.54, 1.807) is 0 Å². The predicted octanol–water partition coefficient (Wildman–Crippen LogP) is -0.118. The summed E-state index contributed by atoms with van der Waals surface area (Å²) in [5, 5.41) is 9.94. The summed E-state index contributed by atoms with van der Waals surface area (Å²) in [4.78, 5) is 23.2. The van der Waals surface area contributed by atoms with Crippen molar-refractivity contribution in [2.24, 2.45) is 5.14 Å². The van der Waals surface area contributed by atoms with Crippen molar-refractivity contribution in [3.63, 3.8) is 0 Å². The summed E-state index contributed by atoms with van der Waals surface area (Å²) in [7, 11) is -3.75. The highest BCUT2D eigenvalue weighted by Gasteiger charge is 2.12. The van der Waals surface area contributed by atoms with Gasteiger partial charge < -0.3 is 15.4 Å². The quantitative estimate of drug-likeness (QED) is 0.441. The fraction of sp³-hybridized carbons (Fsp3) is 0.467. The molecule has 1 aromatic carbocycles. The Bertz CT molecular complexity index is 656. The molecule has 0 aliphatic carbocycles. The zero-order valence-corrected chi connectivity index (χ0v) is 14.6. The molecule has 0 atom stereocenters. The molecular weight excluding hydrogens is 334 g/mol. The van der Waals surface area contributed by atoms with Gasteiger partial charge in [0.15, 0.2) is 0 Å². The van der Waals surface area contributed by atoms with Gasteiger partial charge in [0.05, 0.1) is 11.0 Å². The molecule has 8 nitrogen and oxygen atoms in total. The summed E-state index contributed by atoms with van der Waals surface area (Å²) in [6.07, 6.45) is 0.747. The van der Waals surface area contributed by atoms with Crippen molar-refractivity contribution in [3.8, 4) is 0 Å². The number of amides is 2. The molecule has 0 aliphatic heterocycles. The maximum Gasteiger partial charge on any atom is 0.309 e. The van der Waals surface area contributed by atoms with E-state index in [4.69, 9.17) is 9.88 Å². The Kier molecular flexibility index (Phi) is 7.83. The van der Waals surface area contributed by atoms with Crippen molar-refractivity contribution in [2.45, 2.75) is 37.8 Å². The number of hydrogen-bond donors (Lipinski definition) is 3. The first-order valence-corrected chi connectivity index (χ1v) is 9.04. The van der Waals surface area contributed by atoms with E-state index in [9.17, 15) is 18.0 Å². The molecule has 1 rings (SSSR count). The molecule has 0 heterocycles. The Labute approximate surface area is 141 Å². The summed E-state index contributed by atoms with van der Waals surface area (Å²) >= 11 is 0. The second-order valence-electron chi connectivity index (χ2n) is 5.40. The average molecular weight is 357 g/mol. The van der Waals surface area contributed by atoms with Crippen LogP contribution in [0.1, 0.15) is 25.8 Å². The third-order valence-electron chi connectivity index (χ3n) is 2.97. The Balaban J connectivity index is 2.33. The van der Waals surface area contributed by atoms with Crippen LogP contribution in [-0.2, 0) is 30.9 Å². The van der Waals surface area contributed by atoms with Crippen LogP contribution in [0, 0.1) is 0 Å². The van der Waals surface area contributed by atoms with Crippen molar-refractivity contribution < 1.29 is 22.7 Å². The molecule has 4 N–H and O–H groups in total. The van der Waals surface area contributed by atoms with E-state index in [1.807, 2.05) is 13.8 Å². The lowest BCUT2D eigenvalue weighted by Gasteiger charge is -2.09. The van der Waals surface area contributed by atoms with E-state index < -0.39 is 21.8 Å². The predicted molar refractivity (Wildman–Crippen MR) is 88.4 cm³/mol. The van der Waals surface area contributed by atoms with Crippen LogP contribution in [0.4, 0.5) is 0 Å². The average Bonchev–Trinajstić information content (AvgIpc) is 2.51. The highest BCUT2D eigenvalue weighted by Crippen LogP contribution is 2.08. The van der Waals surface area contributed by atoms with Gasteiger partial charge in [-0.3, -0.25) is 9.59 Å². The number of nitrogens with two attached hydrogens (primary N) is 1. The largest absolute Gasteiger partial charge is 0.379 e. The van der Waals surface area contributed by atoms with Gasteiger partial charge in [0.1, 0.15) is 0 Å². The molecule has 24 heavy (non-hydrogen) atoms. The fourth-order valence-electron chi connectivity index (χ4n) is 1.73. The minimum Gasteiger partial charge on any atom is -0.379 e. The minimum atomic E-state index is -3.75. The van der Waals surface area contributed by atoms with Crippen molar-refractivity contribution in [3.05, 3.63) is 29.8 Å². The van der Waals surface area contributed by atoms with Crippen LogP contribution in [0.2, 0.25) is 0 Å². The van der Waals surface area contributed by atoms with Crippen LogP contribution in [0.25, 0.3) is 0 Å². The number of rotatable bonds is 8. The SMILES string of the molecule is CC(C)OCCCNC(=O)C(=O)NCc1ccc(S(N)(=O)=O)cc1. The van der Waals surface area contributed by atoms with E-state index in [0.29, 0.717) is 25.1 Å². The van der Waals surface area contributed by atoms with Crippen LogP contribution in [0.3, 0.4) is 0 Å². The number of carbonyl (C=O) groups excluding carboxylic acids is 2. The van der Waals surface area contributed by atoms with Crippen LogP contribution in [0.15, 0.2) is 29.2 Å². The van der Waals surface area contributed by atoms with Gasteiger partial charge in [-0.2, -0.15) is 0 Å². The first-order chi connectivity index (χ1) is 11.2. The number of hydrogen-bond acceptors (Lipinski definition) is 5. The van der Waals surface area contributed by atoms with Crippen molar-refractivity contribution in [1.29, 1.82) is 0 Å². The highest BCUT2D eigenvalue weighted by atomic mass is 32.2. The summed E-state index contributed by atoms with van der Waals surface area (Å²) in [6, 6.07) is 5.71. The van der Waals surface area contributed by atoms with Gasteiger partial charge in [-0.15, -0.1) is 0 Å². The van der Waals surface area contributed by atoms with Gasteiger partial charge >= 0.3 is 11.8 Å². The Morgan fingerprint density at radius 3 is 2.25 bits per heavy atom. The molecule has 0 bridgehead atoms. The summed E-state index contributed by atoms with van der Waals surface area (Å²) in [6.45, 7) is 4.80. The molecule has 0 radical (unpaired) electrons. The second-order valence-corrected chi connectivity index (χ2v) is 6.96. The zero-order chi connectivity index (χ0) is 18.2. The highest BCUT2D eigenvalue weighted by molar-refractivity contribution is 7.89. The number of nitrogens with one attached hydrogen (secondary N) is 2. The smallest absolute Gasteiger partial charge is 0.309 e. The van der Waals surface area contributed by atoms with Gasteiger partial charge in [0.2, 0.25) is 10.0 Å². The summed E-state index contributed by atoms with van der Waals surface area (Å²) in [5.74, 6) is -1.48. The molecule has 0 saturated heterocycles. The number of carbonyl (C=O) groups is 2. The van der Waals surface area contributed by atoms with E-state index >= 15 is 0 Å². The molecule has 134 valence electrons. The van der Waals surface area contributed by atoms with Gasteiger partial charge in [-0.05, 0) is 38.0 Å². The molecule has 0 fully saturated rings. The van der Waals surface area contributed by atoms with E-state index in [1.165, 1.54) is 24.3 Å². The lowest BCUT2D eigenvalue weighted by Crippen LogP contribution is -2.40. The lowest BCUT2D eigenvalue weighted by atomic mass is 10.2. The van der Waals surface area contributed by atoms with E-state index in [2.05, 4.69) is 10.6 Å². The number of sulfonamides is 1. The monoisotopic (exact) mass is 357 g/mol. The van der Waals surface area contributed by atoms with Crippen LogP contribution < -0.4 is 15.8 Å². The Hall–Kier alpha value is -1.97. The summed E-state index contributed by atoms with van der Waals surface area (Å²) in [5.41, 5.74) is 0.647. The van der Waals surface area contributed by atoms with Gasteiger partial charge in [0, 0.05) is 19.7 Å². The molecule has 9 heteroatoms. The first kappa shape index (κ1) is 20.1. The molecule has 0 aromatic heterocycles. The normalized spacial score (nSPS) is 11.3. The molecule has 1 aromatic rings. The molecule has 0 aliphatic rings. The van der Waals surface area contributed by atoms with Gasteiger partial charge in [-0.25, -0.2) is 13.6 Å². The third kappa shape index (κ3) is 7.53.